The molecule has 1 heterocycles. The van der Waals surface area contributed by atoms with Crippen LogP contribution in [0.3, 0.4) is 0 Å². The second-order valence-electron chi connectivity index (χ2n) is 4.59. The van der Waals surface area contributed by atoms with Crippen LogP contribution in [0.2, 0.25) is 5.15 Å². The molecule has 0 saturated heterocycles. The summed E-state index contributed by atoms with van der Waals surface area (Å²) in [7, 11) is -3.88. The van der Waals surface area contributed by atoms with Gasteiger partial charge >= 0.3 is 5.97 Å². The van der Waals surface area contributed by atoms with E-state index in [-0.39, 0.29) is 17.1 Å². The van der Waals surface area contributed by atoms with Gasteiger partial charge in [0.05, 0.1) is 10.5 Å². The Bertz CT molecular complexity index is 804. The fourth-order valence-electron chi connectivity index (χ4n) is 1.72. The van der Waals surface area contributed by atoms with Gasteiger partial charge in [0.25, 0.3) is 0 Å². The molecule has 2 N–H and O–H groups in total. The molecule has 0 atom stereocenters. The van der Waals surface area contributed by atoms with Crippen molar-refractivity contribution in [1.29, 1.82) is 0 Å². The number of benzene rings is 1. The molecule has 1 aromatic heterocycles. The number of ether oxygens (including phenoxy) is 1. The number of nitrogens with zero attached hydrogens (tertiary/aromatic N) is 1. The number of carbonyl (C=O) groups excluding carboxylic acids is 1. The average molecular weight is 341 g/mol. The molecule has 8 heteroatoms. The molecule has 0 bridgehead atoms. The largest absolute Gasteiger partial charge is 0.457 e. The topological polar surface area (TPSA) is 99.4 Å². The first-order valence-electron chi connectivity index (χ1n) is 6.18. The first-order valence-corrected chi connectivity index (χ1v) is 8.11. The highest BCUT2D eigenvalue weighted by Gasteiger charge is 2.16. The van der Waals surface area contributed by atoms with Gasteiger partial charge in [-0.3, -0.25) is 0 Å². The molecule has 0 unspecified atom stereocenters. The summed E-state index contributed by atoms with van der Waals surface area (Å²) in [5.41, 5.74) is 1.40. The van der Waals surface area contributed by atoms with E-state index in [2.05, 4.69) is 4.98 Å². The molecular weight excluding hydrogens is 328 g/mol. The summed E-state index contributed by atoms with van der Waals surface area (Å²) in [6, 6.07) is 7.30. The number of esters is 1. The third kappa shape index (κ3) is 4.03. The van der Waals surface area contributed by atoms with Crippen LogP contribution in [0.1, 0.15) is 21.5 Å². The lowest BCUT2D eigenvalue weighted by Gasteiger charge is -2.08. The smallest absolute Gasteiger partial charge is 0.338 e. The lowest BCUT2D eigenvalue weighted by molar-refractivity contribution is 0.0471. The van der Waals surface area contributed by atoms with Crippen molar-refractivity contribution < 1.29 is 17.9 Å². The number of rotatable bonds is 4. The van der Waals surface area contributed by atoms with E-state index in [0.29, 0.717) is 16.3 Å². The minimum absolute atomic E-state index is 0.00203. The number of primary sulfonamides is 1. The molecule has 0 fully saturated rings. The minimum Gasteiger partial charge on any atom is -0.457 e. The molecule has 116 valence electrons. The van der Waals surface area contributed by atoms with Crippen LogP contribution in [-0.4, -0.2) is 19.4 Å². The van der Waals surface area contributed by atoms with E-state index in [4.69, 9.17) is 21.5 Å². The maximum absolute atomic E-state index is 12.1. The van der Waals surface area contributed by atoms with Crippen molar-refractivity contribution in [2.75, 3.05) is 0 Å². The zero-order valence-corrected chi connectivity index (χ0v) is 13.2. The first-order chi connectivity index (χ1) is 10.3. The summed E-state index contributed by atoms with van der Waals surface area (Å²) < 4.78 is 27.8. The van der Waals surface area contributed by atoms with Crippen LogP contribution in [0, 0.1) is 6.92 Å². The van der Waals surface area contributed by atoms with E-state index >= 15 is 0 Å². The van der Waals surface area contributed by atoms with Crippen LogP contribution in [0.4, 0.5) is 0 Å². The monoisotopic (exact) mass is 340 g/mol. The molecule has 0 radical (unpaired) electrons. The van der Waals surface area contributed by atoms with Gasteiger partial charge in [0, 0.05) is 11.8 Å². The highest BCUT2D eigenvalue weighted by Crippen LogP contribution is 2.16. The Morgan fingerprint density at radius 1 is 1.32 bits per heavy atom. The molecule has 2 rings (SSSR count). The zero-order chi connectivity index (χ0) is 16.3. The molecule has 0 saturated carbocycles. The van der Waals surface area contributed by atoms with E-state index in [1.54, 1.807) is 19.1 Å². The summed E-state index contributed by atoms with van der Waals surface area (Å²) in [6.45, 7) is 1.68. The molecule has 0 aliphatic carbocycles. The van der Waals surface area contributed by atoms with Crippen molar-refractivity contribution in [3.63, 3.8) is 0 Å². The fraction of sp³-hybridized carbons (Fsp3) is 0.143. The Labute approximate surface area is 132 Å². The second-order valence-corrected chi connectivity index (χ2v) is 6.54. The molecule has 2 aromatic rings. The van der Waals surface area contributed by atoms with Gasteiger partial charge < -0.3 is 4.74 Å². The average Bonchev–Trinajstić information content (AvgIpc) is 2.45. The van der Waals surface area contributed by atoms with Crippen molar-refractivity contribution in [3.8, 4) is 0 Å². The van der Waals surface area contributed by atoms with Gasteiger partial charge in [-0.15, -0.1) is 0 Å². The van der Waals surface area contributed by atoms with Crippen LogP contribution >= 0.6 is 11.6 Å². The van der Waals surface area contributed by atoms with Crippen LogP contribution < -0.4 is 5.14 Å². The first kappa shape index (κ1) is 16.4. The summed E-state index contributed by atoms with van der Waals surface area (Å²) >= 11 is 5.66. The van der Waals surface area contributed by atoms with Crippen molar-refractivity contribution >= 4 is 27.6 Å². The molecule has 22 heavy (non-hydrogen) atoms. The third-order valence-electron chi connectivity index (χ3n) is 2.92. The van der Waals surface area contributed by atoms with Crippen molar-refractivity contribution in [3.05, 3.63) is 58.4 Å². The number of carbonyl (C=O) groups is 1. The van der Waals surface area contributed by atoms with Gasteiger partial charge in [-0.2, -0.15) is 0 Å². The number of aromatic nitrogens is 1. The van der Waals surface area contributed by atoms with E-state index in [1.165, 1.54) is 24.4 Å². The second kappa shape index (κ2) is 6.43. The number of halogens is 1. The van der Waals surface area contributed by atoms with Gasteiger partial charge in [0.1, 0.15) is 11.8 Å². The summed E-state index contributed by atoms with van der Waals surface area (Å²) in [4.78, 5) is 15.8. The number of sulfonamides is 1. The van der Waals surface area contributed by atoms with Gasteiger partial charge in [0.15, 0.2) is 0 Å². The van der Waals surface area contributed by atoms with Crippen molar-refractivity contribution in [2.45, 2.75) is 18.4 Å². The Morgan fingerprint density at radius 2 is 2.05 bits per heavy atom. The van der Waals surface area contributed by atoms with Gasteiger partial charge in [-0.25, -0.2) is 23.3 Å². The fourth-order valence-corrected chi connectivity index (χ4v) is 2.37. The Morgan fingerprint density at radius 3 is 2.64 bits per heavy atom. The predicted molar refractivity (Wildman–Crippen MR) is 80.9 cm³/mol. The normalized spacial score (nSPS) is 11.2. The predicted octanol–water partition coefficient (Wildman–Crippen LogP) is 2.05. The number of hydrogen-bond acceptors (Lipinski definition) is 5. The van der Waals surface area contributed by atoms with E-state index in [0.717, 1.165) is 0 Å². The maximum Gasteiger partial charge on any atom is 0.338 e. The van der Waals surface area contributed by atoms with Gasteiger partial charge in [-0.05, 0) is 30.7 Å². The summed E-state index contributed by atoms with van der Waals surface area (Å²) in [6.07, 6.45) is 1.49. The quantitative estimate of drug-likeness (QED) is 0.678. The van der Waals surface area contributed by atoms with Crippen LogP contribution in [0.5, 0.6) is 0 Å². The number of aryl methyl sites for hydroxylation is 1. The highest BCUT2D eigenvalue weighted by atomic mass is 35.5. The van der Waals surface area contributed by atoms with Crippen molar-refractivity contribution in [2.24, 2.45) is 5.14 Å². The maximum atomic E-state index is 12.1. The van der Waals surface area contributed by atoms with Gasteiger partial charge in [-0.1, -0.05) is 23.7 Å². The SMILES string of the molecule is Cc1ccc(S(N)(=O)=O)cc1C(=O)OCc1ccc(Cl)nc1. The Balaban J connectivity index is 2.17. The molecule has 1 aromatic carbocycles. The summed E-state index contributed by atoms with van der Waals surface area (Å²) in [5, 5.41) is 5.39. The molecule has 0 aliphatic rings. The molecule has 0 amide bonds. The zero-order valence-electron chi connectivity index (χ0n) is 11.6. The standard InChI is InChI=1S/C14H13ClN2O4S/c1-9-2-4-11(22(16,19)20)6-12(9)14(18)21-8-10-3-5-13(15)17-7-10/h2-7H,8H2,1H3,(H2,16,19,20). The molecule has 6 nitrogen and oxygen atoms in total. The lowest BCUT2D eigenvalue weighted by Crippen LogP contribution is -2.14. The van der Waals surface area contributed by atoms with Crippen molar-refractivity contribution in [1.82, 2.24) is 4.98 Å². The minimum atomic E-state index is -3.88. The third-order valence-corrected chi connectivity index (χ3v) is 4.05. The molecule has 0 spiro atoms. The Kier molecular flexibility index (Phi) is 4.80. The van der Waals surface area contributed by atoms with E-state index < -0.39 is 16.0 Å². The number of pyridine rings is 1. The summed E-state index contributed by atoms with van der Waals surface area (Å²) in [5.74, 6) is -0.641. The number of nitrogens with two attached hydrogens (primary N) is 1. The van der Waals surface area contributed by atoms with E-state index in [1.807, 2.05) is 0 Å². The van der Waals surface area contributed by atoms with Crippen LogP contribution in [-0.2, 0) is 21.4 Å². The highest BCUT2D eigenvalue weighted by molar-refractivity contribution is 7.89. The Hall–Kier alpha value is -1.96. The lowest BCUT2D eigenvalue weighted by atomic mass is 10.1. The van der Waals surface area contributed by atoms with E-state index in [9.17, 15) is 13.2 Å². The van der Waals surface area contributed by atoms with Gasteiger partial charge in [0.2, 0.25) is 10.0 Å². The van der Waals surface area contributed by atoms with Crippen LogP contribution in [0.15, 0.2) is 41.4 Å². The number of hydrogen-bond donors (Lipinski definition) is 1. The molecular formula is C14H13ClN2O4S. The molecule has 0 aliphatic heterocycles. The van der Waals surface area contributed by atoms with Crippen LogP contribution in [0.25, 0.3) is 0 Å².